The van der Waals surface area contributed by atoms with Crippen molar-refractivity contribution in [3.63, 3.8) is 0 Å². The first-order chi connectivity index (χ1) is 17.8. The van der Waals surface area contributed by atoms with Crippen molar-refractivity contribution in [2.24, 2.45) is 0 Å². The summed E-state index contributed by atoms with van der Waals surface area (Å²) in [4.78, 5) is 23.9. The quantitative estimate of drug-likeness (QED) is 0.290. The molecule has 0 atom stereocenters. The number of thiazole rings is 1. The number of carbonyl (C=O) groups excluding carboxylic acids is 1. The van der Waals surface area contributed by atoms with Gasteiger partial charge in [-0.3, -0.25) is 14.3 Å². The maximum Gasteiger partial charge on any atom is 0.273 e. The van der Waals surface area contributed by atoms with Crippen molar-refractivity contribution in [1.82, 2.24) is 29.6 Å². The highest BCUT2D eigenvalue weighted by Gasteiger charge is 2.24. The van der Waals surface area contributed by atoms with Gasteiger partial charge in [-0.05, 0) is 41.8 Å². The highest BCUT2D eigenvalue weighted by atomic mass is 32.2. The van der Waals surface area contributed by atoms with Crippen LogP contribution in [0.2, 0.25) is 0 Å². The lowest BCUT2D eigenvalue weighted by atomic mass is 10.00. The van der Waals surface area contributed by atoms with Crippen LogP contribution in [0.1, 0.15) is 26.6 Å². The largest absolute Gasteiger partial charge is 0.333 e. The Hall–Kier alpha value is -3.82. The molecule has 1 aliphatic heterocycles. The molecule has 0 N–H and O–H groups in total. The van der Waals surface area contributed by atoms with E-state index in [1.165, 1.54) is 22.5 Å². The molecule has 36 heavy (non-hydrogen) atoms. The Morgan fingerprint density at radius 3 is 2.64 bits per heavy atom. The van der Waals surface area contributed by atoms with Gasteiger partial charge in [-0.25, -0.2) is 4.98 Å². The van der Waals surface area contributed by atoms with Crippen LogP contribution in [0, 0.1) is 0 Å². The van der Waals surface area contributed by atoms with Crippen molar-refractivity contribution < 1.29 is 4.79 Å². The molecule has 0 saturated carbocycles. The van der Waals surface area contributed by atoms with Gasteiger partial charge in [-0.2, -0.15) is 0 Å². The molecule has 0 aliphatic carbocycles. The van der Waals surface area contributed by atoms with Crippen molar-refractivity contribution in [3.8, 4) is 17.1 Å². The van der Waals surface area contributed by atoms with Gasteiger partial charge in [0.2, 0.25) is 0 Å². The maximum atomic E-state index is 13.1. The van der Waals surface area contributed by atoms with E-state index < -0.39 is 0 Å². The number of hydrogen-bond donors (Lipinski definition) is 0. The van der Waals surface area contributed by atoms with E-state index in [4.69, 9.17) is 0 Å². The molecule has 1 amide bonds. The van der Waals surface area contributed by atoms with E-state index in [9.17, 15) is 4.79 Å². The molecule has 9 heteroatoms. The molecule has 0 bridgehead atoms. The van der Waals surface area contributed by atoms with Gasteiger partial charge in [0.1, 0.15) is 10.7 Å². The Balaban J connectivity index is 1.20. The third kappa shape index (κ3) is 4.55. The van der Waals surface area contributed by atoms with E-state index >= 15 is 0 Å². The number of hydrogen-bond acceptors (Lipinski definition) is 7. The van der Waals surface area contributed by atoms with Gasteiger partial charge in [0, 0.05) is 42.1 Å². The number of amides is 1. The Labute approximate surface area is 216 Å². The predicted octanol–water partition coefficient (Wildman–Crippen LogP) is 5.28. The van der Waals surface area contributed by atoms with Crippen molar-refractivity contribution in [3.05, 3.63) is 106 Å². The number of carbonyl (C=O) groups is 1. The predicted molar refractivity (Wildman–Crippen MR) is 141 cm³/mol. The SMILES string of the molecule is O=C(c1csc(CSc2nnc(-c3cccnc3)n2-c2ccccc2)n1)N1CCc2ccccc2C1. The normalized spacial score (nSPS) is 12.9. The molecule has 0 radical (unpaired) electrons. The molecule has 5 aromatic rings. The minimum absolute atomic E-state index is 0.0108. The van der Waals surface area contributed by atoms with E-state index in [2.05, 4.69) is 38.4 Å². The van der Waals surface area contributed by atoms with Crippen LogP contribution in [0.3, 0.4) is 0 Å². The summed E-state index contributed by atoms with van der Waals surface area (Å²) in [6.45, 7) is 1.35. The Kier molecular flexibility index (Phi) is 6.31. The van der Waals surface area contributed by atoms with Gasteiger partial charge in [-0.15, -0.1) is 21.5 Å². The smallest absolute Gasteiger partial charge is 0.273 e. The van der Waals surface area contributed by atoms with Crippen molar-refractivity contribution in [2.75, 3.05) is 6.54 Å². The summed E-state index contributed by atoms with van der Waals surface area (Å²) >= 11 is 3.06. The van der Waals surface area contributed by atoms with Crippen LogP contribution in [0.4, 0.5) is 0 Å². The van der Waals surface area contributed by atoms with Crippen LogP contribution >= 0.6 is 23.1 Å². The number of thioether (sulfide) groups is 1. The average Bonchev–Trinajstić information content (AvgIpc) is 3.59. The first-order valence-corrected chi connectivity index (χ1v) is 13.5. The standard InChI is InChI=1S/C27H22N6OS2/c34-26(32-14-12-19-7-4-5-8-21(19)16-32)23-17-35-24(29-23)18-36-27-31-30-25(20-9-6-13-28-15-20)33(27)22-10-2-1-3-11-22/h1-11,13,15,17H,12,14,16,18H2. The van der Waals surface area contributed by atoms with Gasteiger partial charge in [0.25, 0.3) is 5.91 Å². The van der Waals surface area contributed by atoms with Crippen LogP contribution in [-0.4, -0.2) is 42.1 Å². The molecule has 178 valence electrons. The fourth-order valence-corrected chi connectivity index (χ4v) is 6.03. The first-order valence-electron chi connectivity index (χ1n) is 11.6. The summed E-state index contributed by atoms with van der Waals surface area (Å²) in [5.74, 6) is 1.32. The van der Waals surface area contributed by atoms with Crippen LogP contribution in [0.25, 0.3) is 17.1 Å². The topological polar surface area (TPSA) is 76.8 Å². The van der Waals surface area contributed by atoms with E-state index in [1.54, 1.807) is 24.2 Å². The van der Waals surface area contributed by atoms with Crippen LogP contribution in [-0.2, 0) is 18.7 Å². The molecule has 0 fully saturated rings. The molecule has 7 nitrogen and oxygen atoms in total. The van der Waals surface area contributed by atoms with Gasteiger partial charge in [-0.1, -0.05) is 54.2 Å². The Bertz CT molecular complexity index is 1500. The number of rotatable bonds is 6. The third-order valence-electron chi connectivity index (χ3n) is 6.08. The number of benzene rings is 2. The summed E-state index contributed by atoms with van der Waals surface area (Å²) < 4.78 is 2.03. The molecule has 3 aromatic heterocycles. The molecule has 0 saturated heterocycles. The third-order valence-corrected chi connectivity index (χ3v) is 8.05. The lowest BCUT2D eigenvalue weighted by Gasteiger charge is -2.28. The number of fused-ring (bicyclic) bond motifs is 1. The average molecular weight is 511 g/mol. The van der Waals surface area contributed by atoms with Crippen molar-refractivity contribution in [2.45, 2.75) is 23.9 Å². The molecule has 1 aliphatic rings. The lowest BCUT2D eigenvalue weighted by Crippen LogP contribution is -2.36. The second-order valence-corrected chi connectivity index (χ2v) is 10.3. The highest BCUT2D eigenvalue weighted by Crippen LogP contribution is 2.30. The van der Waals surface area contributed by atoms with Crippen LogP contribution in [0.15, 0.2) is 89.7 Å². The van der Waals surface area contributed by atoms with E-state index in [0.29, 0.717) is 18.0 Å². The summed E-state index contributed by atoms with van der Waals surface area (Å²) in [6, 6.07) is 22.2. The zero-order valence-corrected chi connectivity index (χ0v) is 21.0. The molecule has 6 rings (SSSR count). The summed E-state index contributed by atoms with van der Waals surface area (Å²) in [5, 5.41) is 12.4. The van der Waals surface area contributed by atoms with E-state index in [0.717, 1.165) is 40.2 Å². The Morgan fingerprint density at radius 1 is 0.972 bits per heavy atom. The minimum atomic E-state index is -0.0108. The number of nitrogens with zero attached hydrogens (tertiary/aromatic N) is 6. The summed E-state index contributed by atoms with van der Waals surface area (Å²) in [6.07, 6.45) is 4.41. The molecule has 0 spiro atoms. The number of para-hydroxylation sites is 1. The molecule has 2 aromatic carbocycles. The van der Waals surface area contributed by atoms with E-state index in [1.807, 2.05) is 63.4 Å². The zero-order valence-electron chi connectivity index (χ0n) is 19.3. The van der Waals surface area contributed by atoms with Crippen LogP contribution in [0.5, 0.6) is 0 Å². The van der Waals surface area contributed by atoms with Gasteiger partial charge >= 0.3 is 0 Å². The molecular weight excluding hydrogens is 488 g/mol. The Morgan fingerprint density at radius 2 is 1.81 bits per heavy atom. The van der Waals surface area contributed by atoms with Crippen molar-refractivity contribution >= 4 is 29.0 Å². The van der Waals surface area contributed by atoms with Crippen molar-refractivity contribution in [1.29, 1.82) is 0 Å². The highest BCUT2D eigenvalue weighted by molar-refractivity contribution is 7.98. The second-order valence-electron chi connectivity index (χ2n) is 8.38. The second kappa shape index (κ2) is 10.0. The number of pyridine rings is 1. The maximum absolute atomic E-state index is 13.1. The summed E-state index contributed by atoms with van der Waals surface area (Å²) in [7, 11) is 0. The molecular formula is C27H22N6OS2. The fourth-order valence-electron chi connectivity index (χ4n) is 4.29. The summed E-state index contributed by atoms with van der Waals surface area (Å²) in [5.41, 5.74) is 4.92. The van der Waals surface area contributed by atoms with Gasteiger partial charge < -0.3 is 4.90 Å². The molecule has 4 heterocycles. The first kappa shape index (κ1) is 22.6. The zero-order chi connectivity index (χ0) is 24.3. The minimum Gasteiger partial charge on any atom is -0.333 e. The monoisotopic (exact) mass is 510 g/mol. The number of aromatic nitrogens is 5. The molecule has 0 unspecified atom stereocenters. The lowest BCUT2D eigenvalue weighted by molar-refractivity contribution is 0.0729. The van der Waals surface area contributed by atoms with E-state index in [-0.39, 0.29) is 5.91 Å². The van der Waals surface area contributed by atoms with Crippen LogP contribution < -0.4 is 0 Å². The van der Waals surface area contributed by atoms with Gasteiger partial charge in [0.15, 0.2) is 11.0 Å². The van der Waals surface area contributed by atoms with Gasteiger partial charge in [0.05, 0.1) is 5.75 Å². The fraction of sp³-hybridized carbons (Fsp3) is 0.148.